The van der Waals surface area contributed by atoms with Crippen LogP contribution in [0.5, 0.6) is 0 Å². The lowest BCUT2D eigenvalue weighted by Gasteiger charge is -2.29. The fourth-order valence-electron chi connectivity index (χ4n) is 3.80. The average molecular weight is 378 g/mol. The Balaban J connectivity index is 1.80. The summed E-state index contributed by atoms with van der Waals surface area (Å²) >= 11 is 0. The maximum absolute atomic E-state index is 13.3. The van der Waals surface area contributed by atoms with Crippen molar-refractivity contribution in [3.63, 3.8) is 0 Å². The van der Waals surface area contributed by atoms with Crippen LogP contribution in [0.25, 0.3) is 11.0 Å². The van der Waals surface area contributed by atoms with E-state index in [1.807, 2.05) is 24.3 Å². The standard InChI is InChI=1S/C21H22N4O3/c1-13(11-14-5-4-6-14)25-18-8-3-2-7-16(18)23-19(20(25)26)24-17-12-22-10-9-15(17)21(27)28/h2-3,7-10,12-14H,4-6,11H2,1H3,(H,23,24)(H,27,28)/t13-/m0/s1. The first kappa shape index (κ1) is 18.2. The molecular formula is C21H22N4O3. The summed E-state index contributed by atoms with van der Waals surface area (Å²) in [5.41, 5.74) is 1.50. The quantitative estimate of drug-likeness (QED) is 0.673. The predicted octanol–water partition coefficient (Wildman–Crippen LogP) is 3.98. The number of aromatic nitrogens is 3. The zero-order valence-electron chi connectivity index (χ0n) is 15.6. The molecule has 2 aromatic heterocycles. The summed E-state index contributed by atoms with van der Waals surface area (Å²) in [6, 6.07) is 8.94. The van der Waals surface area contributed by atoms with Crippen LogP contribution >= 0.6 is 0 Å². The van der Waals surface area contributed by atoms with Crippen molar-refractivity contribution in [2.75, 3.05) is 5.32 Å². The molecule has 1 aromatic carbocycles. The predicted molar refractivity (Wildman–Crippen MR) is 107 cm³/mol. The van der Waals surface area contributed by atoms with Crippen molar-refractivity contribution in [2.45, 2.75) is 38.6 Å². The van der Waals surface area contributed by atoms with E-state index < -0.39 is 5.97 Å². The minimum Gasteiger partial charge on any atom is -0.478 e. The molecule has 1 fully saturated rings. The summed E-state index contributed by atoms with van der Waals surface area (Å²) in [5.74, 6) is -0.332. The molecule has 28 heavy (non-hydrogen) atoms. The van der Waals surface area contributed by atoms with Gasteiger partial charge < -0.3 is 15.0 Å². The van der Waals surface area contributed by atoms with Gasteiger partial charge in [0.15, 0.2) is 5.82 Å². The first-order valence-corrected chi connectivity index (χ1v) is 9.50. The highest BCUT2D eigenvalue weighted by molar-refractivity contribution is 5.94. The molecule has 7 nitrogen and oxygen atoms in total. The Labute approximate surface area is 162 Å². The van der Waals surface area contributed by atoms with Gasteiger partial charge in [-0.05, 0) is 37.5 Å². The van der Waals surface area contributed by atoms with Gasteiger partial charge in [-0.15, -0.1) is 0 Å². The van der Waals surface area contributed by atoms with Crippen LogP contribution in [0.2, 0.25) is 0 Å². The smallest absolute Gasteiger partial charge is 0.337 e. The number of carboxylic acid groups (broad SMARTS) is 1. The van der Waals surface area contributed by atoms with E-state index >= 15 is 0 Å². The van der Waals surface area contributed by atoms with Gasteiger partial charge in [-0.3, -0.25) is 9.78 Å². The Hall–Kier alpha value is -3.22. The third-order valence-corrected chi connectivity index (χ3v) is 5.44. The van der Waals surface area contributed by atoms with Gasteiger partial charge in [0.25, 0.3) is 5.56 Å². The molecule has 4 rings (SSSR count). The summed E-state index contributed by atoms with van der Waals surface area (Å²) in [5, 5.41) is 12.3. The second-order valence-corrected chi connectivity index (χ2v) is 7.36. The van der Waals surface area contributed by atoms with Crippen LogP contribution in [0, 0.1) is 5.92 Å². The molecule has 2 heterocycles. The highest BCUT2D eigenvalue weighted by atomic mass is 16.4. The number of anilines is 2. The molecule has 1 aliphatic carbocycles. The summed E-state index contributed by atoms with van der Waals surface area (Å²) in [6.45, 7) is 2.06. The molecule has 1 atom stereocenters. The van der Waals surface area contributed by atoms with Gasteiger partial charge >= 0.3 is 5.97 Å². The first-order valence-electron chi connectivity index (χ1n) is 9.50. The van der Waals surface area contributed by atoms with Crippen molar-refractivity contribution < 1.29 is 9.90 Å². The van der Waals surface area contributed by atoms with Crippen LogP contribution in [0.3, 0.4) is 0 Å². The van der Waals surface area contributed by atoms with E-state index in [2.05, 4.69) is 22.2 Å². The Morgan fingerprint density at radius 1 is 1.32 bits per heavy atom. The van der Waals surface area contributed by atoms with Gasteiger partial charge in [0.05, 0.1) is 28.5 Å². The Morgan fingerprint density at radius 2 is 2.11 bits per heavy atom. The van der Waals surface area contributed by atoms with E-state index in [-0.39, 0.29) is 28.7 Å². The highest BCUT2D eigenvalue weighted by Crippen LogP contribution is 2.34. The van der Waals surface area contributed by atoms with E-state index in [0.717, 1.165) is 11.9 Å². The number of benzene rings is 1. The zero-order valence-corrected chi connectivity index (χ0v) is 15.6. The molecule has 0 spiro atoms. The molecule has 0 aliphatic heterocycles. The number of pyridine rings is 1. The number of hydrogen-bond donors (Lipinski definition) is 2. The van der Waals surface area contributed by atoms with Crippen LogP contribution in [-0.2, 0) is 0 Å². The van der Waals surface area contributed by atoms with E-state index in [4.69, 9.17) is 0 Å². The molecule has 1 saturated carbocycles. The molecule has 2 N–H and O–H groups in total. The largest absolute Gasteiger partial charge is 0.478 e. The lowest BCUT2D eigenvalue weighted by atomic mass is 9.81. The Kier molecular flexibility index (Phi) is 4.81. The van der Waals surface area contributed by atoms with E-state index in [0.29, 0.717) is 11.4 Å². The molecule has 0 radical (unpaired) electrons. The lowest BCUT2D eigenvalue weighted by Crippen LogP contribution is -2.29. The summed E-state index contributed by atoms with van der Waals surface area (Å²) in [6.07, 6.45) is 7.43. The number of carbonyl (C=O) groups is 1. The number of nitrogens with one attached hydrogen (secondary N) is 1. The van der Waals surface area contributed by atoms with Gasteiger partial charge in [0.2, 0.25) is 0 Å². The molecule has 0 bridgehead atoms. The van der Waals surface area contributed by atoms with Crippen molar-refractivity contribution >= 4 is 28.5 Å². The summed E-state index contributed by atoms with van der Waals surface area (Å²) < 4.78 is 1.78. The number of aromatic carboxylic acids is 1. The second kappa shape index (κ2) is 7.42. The minimum absolute atomic E-state index is 0.0269. The number of fused-ring (bicyclic) bond motifs is 1. The molecule has 144 valence electrons. The minimum atomic E-state index is -1.09. The van der Waals surface area contributed by atoms with E-state index in [9.17, 15) is 14.7 Å². The van der Waals surface area contributed by atoms with Crippen LogP contribution in [-0.4, -0.2) is 25.6 Å². The van der Waals surface area contributed by atoms with Crippen LogP contribution in [0.1, 0.15) is 49.0 Å². The summed E-state index contributed by atoms with van der Waals surface area (Å²) in [7, 11) is 0. The molecule has 7 heteroatoms. The number of carboxylic acids is 1. The number of hydrogen-bond acceptors (Lipinski definition) is 5. The Morgan fingerprint density at radius 3 is 2.82 bits per heavy atom. The van der Waals surface area contributed by atoms with Crippen molar-refractivity contribution in [1.82, 2.24) is 14.5 Å². The van der Waals surface area contributed by atoms with Crippen molar-refractivity contribution in [2.24, 2.45) is 5.92 Å². The maximum Gasteiger partial charge on any atom is 0.337 e. The highest BCUT2D eigenvalue weighted by Gasteiger charge is 2.23. The fourth-order valence-corrected chi connectivity index (χ4v) is 3.80. The van der Waals surface area contributed by atoms with E-state index in [1.165, 1.54) is 37.7 Å². The number of para-hydroxylation sites is 2. The van der Waals surface area contributed by atoms with Crippen LogP contribution < -0.4 is 10.9 Å². The number of rotatable bonds is 6. The maximum atomic E-state index is 13.3. The monoisotopic (exact) mass is 378 g/mol. The number of nitrogens with zero attached hydrogens (tertiary/aromatic N) is 3. The topological polar surface area (TPSA) is 97.1 Å². The molecule has 0 unspecified atom stereocenters. The SMILES string of the molecule is C[C@@H](CC1CCC1)n1c(=O)c(Nc2cnccc2C(=O)O)nc2ccccc21. The van der Waals surface area contributed by atoms with Crippen molar-refractivity contribution in [3.8, 4) is 0 Å². The normalized spacial score (nSPS) is 15.2. The summed E-state index contributed by atoms with van der Waals surface area (Å²) in [4.78, 5) is 33.2. The van der Waals surface area contributed by atoms with Crippen molar-refractivity contribution in [3.05, 3.63) is 58.6 Å². The first-order chi connectivity index (χ1) is 13.5. The molecule has 0 saturated heterocycles. The lowest BCUT2D eigenvalue weighted by molar-refractivity contribution is 0.0698. The average Bonchev–Trinajstić information content (AvgIpc) is 2.65. The third kappa shape index (κ3) is 3.35. The van der Waals surface area contributed by atoms with Gasteiger partial charge in [0.1, 0.15) is 0 Å². The van der Waals surface area contributed by atoms with E-state index in [1.54, 1.807) is 4.57 Å². The fraction of sp³-hybridized carbons (Fsp3) is 0.333. The van der Waals surface area contributed by atoms with Crippen LogP contribution in [0.4, 0.5) is 11.5 Å². The zero-order chi connectivity index (χ0) is 19.7. The molecule has 0 amide bonds. The molecular weight excluding hydrogens is 356 g/mol. The molecule has 3 aromatic rings. The van der Waals surface area contributed by atoms with Crippen molar-refractivity contribution in [1.29, 1.82) is 0 Å². The third-order valence-electron chi connectivity index (χ3n) is 5.44. The Bertz CT molecular complexity index is 1090. The van der Waals surface area contributed by atoms with Gasteiger partial charge in [-0.25, -0.2) is 9.78 Å². The molecule has 1 aliphatic rings. The van der Waals surface area contributed by atoms with Crippen LogP contribution in [0.15, 0.2) is 47.5 Å². The second-order valence-electron chi connectivity index (χ2n) is 7.36. The van der Waals surface area contributed by atoms with Gasteiger partial charge in [0, 0.05) is 12.2 Å². The van der Waals surface area contributed by atoms with Gasteiger partial charge in [-0.2, -0.15) is 0 Å². The van der Waals surface area contributed by atoms with Gasteiger partial charge in [-0.1, -0.05) is 31.4 Å².